The van der Waals surface area contributed by atoms with Gasteiger partial charge in [0.25, 0.3) is 0 Å². The van der Waals surface area contributed by atoms with E-state index in [-0.39, 0.29) is 18.8 Å². The SMILES string of the molecule is CCOP(=S)(OCC)OC[C@]12OC[C@@H]3OC(C)(C)O[C@@H]3[C@H]1OC(C)(C)O2. The maximum atomic E-state index is 6.12. The van der Waals surface area contributed by atoms with Gasteiger partial charge in [0.1, 0.15) is 24.9 Å². The Kier molecular flexibility index (Phi) is 5.91. The average molecular weight is 412 g/mol. The molecule has 0 spiro atoms. The summed E-state index contributed by atoms with van der Waals surface area (Å²) in [6, 6.07) is 0. The molecule has 10 heteroatoms. The Morgan fingerprint density at radius 2 is 1.62 bits per heavy atom. The van der Waals surface area contributed by atoms with Crippen molar-refractivity contribution in [1.29, 1.82) is 0 Å². The van der Waals surface area contributed by atoms with Gasteiger partial charge < -0.3 is 37.3 Å². The molecule has 0 aromatic heterocycles. The first kappa shape index (κ1) is 21.0. The predicted molar refractivity (Wildman–Crippen MR) is 96.0 cm³/mol. The van der Waals surface area contributed by atoms with E-state index in [0.717, 1.165) is 0 Å². The lowest BCUT2D eigenvalue weighted by Gasteiger charge is -2.41. The lowest BCUT2D eigenvalue weighted by molar-refractivity contribution is -0.291. The fourth-order valence-electron chi connectivity index (χ4n) is 3.54. The van der Waals surface area contributed by atoms with Gasteiger partial charge in [-0.3, -0.25) is 0 Å². The summed E-state index contributed by atoms with van der Waals surface area (Å²) >= 11 is 5.45. The van der Waals surface area contributed by atoms with Crippen LogP contribution in [0.5, 0.6) is 0 Å². The Bertz CT molecular complexity index is 560. The van der Waals surface area contributed by atoms with Crippen molar-refractivity contribution in [2.75, 3.05) is 26.4 Å². The van der Waals surface area contributed by atoms with Gasteiger partial charge in [-0.05, 0) is 53.3 Å². The molecule has 0 unspecified atom stereocenters. The lowest BCUT2D eigenvalue weighted by atomic mass is 9.98. The highest BCUT2D eigenvalue weighted by molar-refractivity contribution is 8.07. The summed E-state index contributed by atoms with van der Waals surface area (Å²) < 4.78 is 47.3. The Labute approximate surface area is 159 Å². The summed E-state index contributed by atoms with van der Waals surface area (Å²) in [6.45, 7) is 9.31. The molecule has 0 N–H and O–H groups in total. The highest BCUT2D eigenvalue weighted by atomic mass is 32.5. The summed E-state index contributed by atoms with van der Waals surface area (Å²) in [5.41, 5.74) is 0. The van der Waals surface area contributed by atoms with E-state index in [0.29, 0.717) is 19.8 Å². The molecule has 0 radical (unpaired) electrons. The molecule has 0 amide bonds. The minimum Gasteiger partial charge on any atom is -0.343 e. The zero-order valence-electron chi connectivity index (χ0n) is 16.2. The zero-order valence-corrected chi connectivity index (χ0v) is 17.9. The summed E-state index contributed by atoms with van der Waals surface area (Å²) in [6.07, 6.45) is -1.09. The number of hydrogen-bond acceptors (Lipinski definition) is 9. The van der Waals surface area contributed by atoms with E-state index >= 15 is 0 Å². The van der Waals surface area contributed by atoms with E-state index in [1.807, 2.05) is 41.5 Å². The molecule has 0 aromatic rings. The van der Waals surface area contributed by atoms with Crippen molar-refractivity contribution in [1.82, 2.24) is 0 Å². The van der Waals surface area contributed by atoms with Crippen LogP contribution in [-0.4, -0.2) is 62.1 Å². The molecule has 3 heterocycles. The van der Waals surface area contributed by atoms with Crippen LogP contribution in [0.1, 0.15) is 41.5 Å². The standard InChI is InChI=1S/C16H29O8PS/c1-7-18-25(26,19-8-2)20-10-16-13(23-15(5,6)24-16)12-11(9-17-16)21-14(3,4)22-12/h11-13H,7-10H2,1-6H3/t11-,12-,13+,16+/m0/s1. The van der Waals surface area contributed by atoms with Crippen molar-refractivity contribution in [3.63, 3.8) is 0 Å². The lowest BCUT2D eigenvalue weighted by Crippen LogP contribution is -2.60. The molecule has 0 aromatic carbocycles. The van der Waals surface area contributed by atoms with Crippen molar-refractivity contribution >= 4 is 18.5 Å². The second kappa shape index (κ2) is 7.30. The molecular formula is C16H29O8PS. The fourth-order valence-corrected chi connectivity index (χ4v) is 5.53. The minimum atomic E-state index is -2.89. The monoisotopic (exact) mass is 412 g/mol. The van der Waals surface area contributed by atoms with Crippen molar-refractivity contribution in [2.24, 2.45) is 0 Å². The van der Waals surface area contributed by atoms with Crippen molar-refractivity contribution in [2.45, 2.75) is 77.2 Å². The highest BCUT2D eigenvalue weighted by Gasteiger charge is 2.65. The van der Waals surface area contributed by atoms with E-state index in [9.17, 15) is 0 Å². The third-order valence-electron chi connectivity index (χ3n) is 4.27. The van der Waals surface area contributed by atoms with Gasteiger partial charge in [-0.25, -0.2) is 0 Å². The Balaban J connectivity index is 1.80. The van der Waals surface area contributed by atoms with Crippen molar-refractivity contribution < 1.29 is 37.3 Å². The van der Waals surface area contributed by atoms with E-state index in [2.05, 4.69) is 0 Å². The Hall–Kier alpha value is 0.330. The summed E-state index contributed by atoms with van der Waals surface area (Å²) in [7, 11) is 0. The highest BCUT2D eigenvalue weighted by Crippen LogP contribution is 2.53. The molecule has 152 valence electrons. The van der Waals surface area contributed by atoms with E-state index in [1.54, 1.807) is 0 Å². The first-order valence-corrected chi connectivity index (χ1v) is 11.5. The molecule has 3 aliphatic heterocycles. The first-order valence-electron chi connectivity index (χ1n) is 8.95. The third kappa shape index (κ3) is 4.17. The topological polar surface area (TPSA) is 73.8 Å². The van der Waals surface area contributed by atoms with Crippen LogP contribution in [0.4, 0.5) is 0 Å². The Morgan fingerprint density at radius 1 is 0.962 bits per heavy atom. The normalized spacial score (nSPS) is 38.2. The van der Waals surface area contributed by atoms with Crippen LogP contribution >= 0.6 is 6.72 Å². The molecule has 3 rings (SSSR count). The third-order valence-corrected chi connectivity index (χ3v) is 6.82. The van der Waals surface area contributed by atoms with Crippen LogP contribution in [-0.2, 0) is 49.1 Å². The van der Waals surface area contributed by atoms with Gasteiger partial charge >= 0.3 is 6.72 Å². The molecular weight excluding hydrogens is 383 g/mol. The quantitative estimate of drug-likeness (QED) is 0.587. The smallest absolute Gasteiger partial charge is 0.327 e. The second-order valence-electron chi connectivity index (χ2n) is 7.36. The molecule has 3 fully saturated rings. The van der Waals surface area contributed by atoms with E-state index in [4.69, 9.17) is 49.1 Å². The maximum Gasteiger partial charge on any atom is 0.327 e. The van der Waals surface area contributed by atoms with Crippen LogP contribution < -0.4 is 0 Å². The summed E-state index contributed by atoms with van der Waals surface area (Å²) in [5.74, 6) is -2.73. The predicted octanol–water partition coefficient (Wildman–Crippen LogP) is 2.70. The van der Waals surface area contributed by atoms with Gasteiger partial charge in [-0.1, -0.05) is 0 Å². The molecule has 0 saturated carbocycles. The average Bonchev–Trinajstić information content (AvgIpc) is 2.97. The molecule has 8 nitrogen and oxygen atoms in total. The van der Waals surface area contributed by atoms with Crippen LogP contribution in [0.15, 0.2) is 0 Å². The van der Waals surface area contributed by atoms with Crippen LogP contribution in [0.3, 0.4) is 0 Å². The minimum absolute atomic E-state index is 0.0192. The molecule has 3 saturated heterocycles. The van der Waals surface area contributed by atoms with Gasteiger partial charge in [0.05, 0.1) is 19.8 Å². The molecule has 0 aliphatic carbocycles. The van der Waals surface area contributed by atoms with Gasteiger partial charge in [0.2, 0.25) is 5.79 Å². The molecule has 3 aliphatic rings. The number of hydrogen-bond donors (Lipinski definition) is 0. The van der Waals surface area contributed by atoms with Gasteiger partial charge in [-0.15, -0.1) is 0 Å². The first-order chi connectivity index (χ1) is 12.0. The fraction of sp³-hybridized carbons (Fsp3) is 1.00. The largest absolute Gasteiger partial charge is 0.343 e. The van der Waals surface area contributed by atoms with Crippen LogP contribution in [0, 0.1) is 0 Å². The van der Waals surface area contributed by atoms with Gasteiger partial charge in [0.15, 0.2) is 11.6 Å². The van der Waals surface area contributed by atoms with Crippen LogP contribution in [0.2, 0.25) is 0 Å². The van der Waals surface area contributed by atoms with Crippen molar-refractivity contribution in [3.05, 3.63) is 0 Å². The van der Waals surface area contributed by atoms with E-state index < -0.39 is 30.2 Å². The Morgan fingerprint density at radius 3 is 2.23 bits per heavy atom. The maximum absolute atomic E-state index is 6.12. The second-order valence-corrected chi connectivity index (χ2v) is 10.4. The van der Waals surface area contributed by atoms with Crippen LogP contribution in [0.25, 0.3) is 0 Å². The number of rotatable bonds is 7. The summed E-state index contributed by atoms with van der Waals surface area (Å²) in [4.78, 5) is 0. The van der Waals surface area contributed by atoms with Gasteiger partial charge in [-0.2, -0.15) is 0 Å². The zero-order chi connectivity index (χ0) is 19.2. The molecule has 4 atom stereocenters. The van der Waals surface area contributed by atoms with Crippen molar-refractivity contribution in [3.8, 4) is 0 Å². The molecule has 26 heavy (non-hydrogen) atoms. The van der Waals surface area contributed by atoms with Gasteiger partial charge in [0, 0.05) is 0 Å². The molecule has 0 bridgehead atoms. The van der Waals surface area contributed by atoms with E-state index in [1.165, 1.54) is 0 Å². The summed E-state index contributed by atoms with van der Waals surface area (Å²) in [5, 5.41) is 0. The number of ether oxygens (including phenoxy) is 5. The number of fused-ring (bicyclic) bond motifs is 3.